The third kappa shape index (κ3) is 1.97. The molecule has 0 aliphatic carbocycles. The molecule has 0 saturated carbocycles. The van der Waals surface area contributed by atoms with E-state index in [1.807, 2.05) is 22.2 Å². The van der Waals surface area contributed by atoms with Gasteiger partial charge < -0.3 is 9.52 Å². The molecule has 0 aliphatic heterocycles. The number of imidazole rings is 1. The minimum absolute atomic E-state index is 0.235. The van der Waals surface area contributed by atoms with E-state index >= 15 is 0 Å². The number of hydrogen-bond acceptors (Lipinski definition) is 4. The Balaban J connectivity index is 1.83. The van der Waals surface area contributed by atoms with Crippen LogP contribution in [0.4, 0.5) is 0 Å². The lowest BCUT2D eigenvalue weighted by Gasteiger charge is -2.06. The van der Waals surface area contributed by atoms with E-state index in [-0.39, 0.29) is 5.22 Å². The first-order valence-electron chi connectivity index (χ1n) is 5.06. The van der Waals surface area contributed by atoms with Crippen molar-refractivity contribution in [1.29, 1.82) is 0 Å². The van der Waals surface area contributed by atoms with Crippen LogP contribution in [-0.4, -0.2) is 14.5 Å². The summed E-state index contributed by atoms with van der Waals surface area (Å²) >= 11 is 7.37. The zero-order valence-electron chi connectivity index (χ0n) is 8.71. The molecule has 0 aliphatic rings. The number of hydrogen-bond donors (Lipinski definition) is 1. The number of rotatable bonds is 3. The van der Waals surface area contributed by atoms with Crippen molar-refractivity contribution in [3.8, 4) is 0 Å². The summed E-state index contributed by atoms with van der Waals surface area (Å²) in [5, 5.41) is 12.2. The Hall–Kier alpha value is -1.30. The summed E-state index contributed by atoms with van der Waals surface area (Å²) in [5.41, 5.74) is 1.43. The van der Waals surface area contributed by atoms with Gasteiger partial charge in [-0.1, -0.05) is 0 Å². The minimum atomic E-state index is -0.689. The number of aliphatic hydroxyl groups excluding tert-OH is 1. The van der Waals surface area contributed by atoms with E-state index in [1.165, 1.54) is 6.26 Å². The van der Waals surface area contributed by atoms with Gasteiger partial charge in [0.2, 0.25) is 0 Å². The molecule has 0 spiro atoms. The van der Waals surface area contributed by atoms with Crippen LogP contribution in [0.15, 0.2) is 34.5 Å². The maximum Gasteiger partial charge on any atom is 0.198 e. The average molecular weight is 269 g/mol. The third-order valence-electron chi connectivity index (χ3n) is 2.55. The molecule has 0 saturated heterocycles. The number of thiazole rings is 1. The lowest BCUT2D eigenvalue weighted by molar-refractivity contribution is 0.176. The van der Waals surface area contributed by atoms with Gasteiger partial charge in [0.25, 0.3) is 0 Å². The summed E-state index contributed by atoms with van der Waals surface area (Å²) in [7, 11) is 0. The van der Waals surface area contributed by atoms with Crippen LogP contribution in [0.25, 0.3) is 4.96 Å². The molecular weight excluding hydrogens is 260 g/mol. The highest BCUT2D eigenvalue weighted by molar-refractivity contribution is 7.15. The largest absolute Gasteiger partial charge is 0.453 e. The fourth-order valence-corrected chi connectivity index (χ4v) is 2.68. The molecule has 88 valence electrons. The van der Waals surface area contributed by atoms with Gasteiger partial charge in [0.05, 0.1) is 18.1 Å². The molecule has 0 fully saturated rings. The van der Waals surface area contributed by atoms with Gasteiger partial charge >= 0.3 is 0 Å². The molecule has 0 aromatic carbocycles. The van der Waals surface area contributed by atoms with E-state index in [0.29, 0.717) is 12.0 Å². The van der Waals surface area contributed by atoms with Gasteiger partial charge in [-0.15, -0.1) is 11.3 Å². The van der Waals surface area contributed by atoms with Crippen molar-refractivity contribution in [2.45, 2.75) is 12.5 Å². The first-order chi connectivity index (χ1) is 8.24. The van der Waals surface area contributed by atoms with Crippen molar-refractivity contribution in [2.24, 2.45) is 0 Å². The van der Waals surface area contributed by atoms with Crippen molar-refractivity contribution >= 4 is 27.9 Å². The van der Waals surface area contributed by atoms with E-state index < -0.39 is 6.10 Å². The number of fused-ring (bicyclic) bond motifs is 1. The van der Waals surface area contributed by atoms with Gasteiger partial charge in [-0.05, 0) is 17.7 Å². The molecule has 0 bridgehead atoms. The van der Waals surface area contributed by atoms with Crippen LogP contribution >= 0.6 is 22.9 Å². The number of aliphatic hydroxyl groups is 1. The van der Waals surface area contributed by atoms with Crippen molar-refractivity contribution in [2.75, 3.05) is 0 Å². The highest BCUT2D eigenvalue weighted by Crippen LogP contribution is 2.26. The summed E-state index contributed by atoms with van der Waals surface area (Å²) < 4.78 is 6.88. The molecule has 3 aromatic heterocycles. The predicted molar refractivity (Wildman–Crippen MR) is 65.5 cm³/mol. The standard InChI is InChI=1S/C11H9ClN2O2S/c12-10-8(1-3-16-10)9(15)5-7-6-14-2-4-17-11(14)13-7/h1-4,6,9,15H,5H2. The first-order valence-corrected chi connectivity index (χ1v) is 6.32. The molecule has 3 heterocycles. The molecule has 1 unspecified atom stereocenters. The van der Waals surface area contributed by atoms with Gasteiger partial charge in [-0.25, -0.2) is 4.98 Å². The van der Waals surface area contributed by atoms with Gasteiger partial charge in [-0.3, -0.25) is 4.40 Å². The second-order valence-corrected chi connectivity index (χ2v) is 4.91. The zero-order valence-corrected chi connectivity index (χ0v) is 10.3. The molecule has 4 nitrogen and oxygen atoms in total. The lowest BCUT2D eigenvalue weighted by Crippen LogP contribution is -2.01. The maximum absolute atomic E-state index is 10.0. The SMILES string of the molecule is OC(Cc1cn2ccsc2n1)c1ccoc1Cl. The van der Waals surface area contributed by atoms with Crippen LogP contribution in [0.1, 0.15) is 17.4 Å². The Labute approximate surface area is 106 Å². The van der Waals surface area contributed by atoms with Crippen LogP contribution < -0.4 is 0 Å². The van der Waals surface area contributed by atoms with Crippen LogP contribution in [0.5, 0.6) is 0 Å². The van der Waals surface area contributed by atoms with Crippen LogP contribution in [-0.2, 0) is 6.42 Å². The summed E-state index contributed by atoms with van der Waals surface area (Å²) in [5.74, 6) is 0. The van der Waals surface area contributed by atoms with Gasteiger partial charge in [0.15, 0.2) is 10.2 Å². The number of furan rings is 1. The molecule has 3 aromatic rings. The maximum atomic E-state index is 10.0. The normalized spacial score (nSPS) is 13.3. The Kier molecular flexibility index (Phi) is 2.66. The van der Waals surface area contributed by atoms with E-state index in [2.05, 4.69) is 4.98 Å². The molecule has 17 heavy (non-hydrogen) atoms. The fourth-order valence-electron chi connectivity index (χ4n) is 1.73. The number of aromatic nitrogens is 2. The summed E-state index contributed by atoms with van der Waals surface area (Å²) in [4.78, 5) is 5.32. The third-order valence-corrected chi connectivity index (χ3v) is 3.63. The molecular formula is C11H9ClN2O2S. The van der Waals surface area contributed by atoms with Gasteiger partial charge in [0, 0.05) is 29.8 Å². The Morgan fingerprint density at radius 3 is 3.18 bits per heavy atom. The van der Waals surface area contributed by atoms with E-state index in [4.69, 9.17) is 16.0 Å². The van der Waals surface area contributed by atoms with Crippen molar-refractivity contribution in [1.82, 2.24) is 9.38 Å². The summed E-state index contributed by atoms with van der Waals surface area (Å²) in [6.45, 7) is 0. The number of halogens is 1. The zero-order chi connectivity index (χ0) is 11.8. The Bertz CT molecular complexity index is 614. The van der Waals surface area contributed by atoms with E-state index in [1.54, 1.807) is 17.4 Å². The monoisotopic (exact) mass is 268 g/mol. The topological polar surface area (TPSA) is 50.7 Å². The van der Waals surface area contributed by atoms with E-state index in [0.717, 1.165) is 10.7 Å². The van der Waals surface area contributed by atoms with Crippen LogP contribution in [0.3, 0.4) is 0 Å². The van der Waals surface area contributed by atoms with Crippen molar-refractivity contribution < 1.29 is 9.52 Å². The number of nitrogens with zero attached hydrogens (tertiary/aromatic N) is 2. The molecule has 1 atom stereocenters. The lowest BCUT2D eigenvalue weighted by atomic mass is 10.1. The Morgan fingerprint density at radius 1 is 1.59 bits per heavy atom. The van der Waals surface area contributed by atoms with Gasteiger partial charge in [0.1, 0.15) is 0 Å². The minimum Gasteiger partial charge on any atom is -0.453 e. The first kappa shape index (κ1) is 10.8. The second-order valence-electron chi connectivity index (χ2n) is 3.69. The van der Waals surface area contributed by atoms with Crippen molar-refractivity contribution in [3.63, 3.8) is 0 Å². The summed E-state index contributed by atoms with van der Waals surface area (Å²) in [6.07, 6.45) is 5.04. The molecule has 0 radical (unpaired) electrons. The second kappa shape index (κ2) is 4.18. The summed E-state index contributed by atoms with van der Waals surface area (Å²) in [6, 6.07) is 1.67. The smallest absolute Gasteiger partial charge is 0.198 e. The van der Waals surface area contributed by atoms with Crippen LogP contribution in [0, 0.1) is 0 Å². The Morgan fingerprint density at radius 2 is 2.47 bits per heavy atom. The fraction of sp³-hybridized carbons (Fsp3) is 0.182. The van der Waals surface area contributed by atoms with Gasteiger partial charge in [-0.2, -0.15) is 0 Å². The molecule has 6 heteroatoms. The highest BCUT2D eigenvalue weighted by atomic mass is 35.5. The van der Waals surface area contributed by atoms with Crippen molar-refractivity contribution in [3.05, 3.63) is 46.6 Å². The van der Waals surface area contributed by atoms with E-state index in [9.17, 15) is 5.11 Å². The predicted octanol–water partition coefficient (Wildman–Crippen LogP) is 2.92. The van der Waals surface area contributed by atoms with Crippen LogP contribution in [0.2, 0.25) is 5.22 Å². The molecule has 1 N–H and O–H groups in total. The average Bonchev–Trinajstić information content (AvgIpc) is 2.92. The highest BCUT2D eigenvalue weighted by Gasteiger charge is 2.16. The quantitative estimate of drug-likeness (QED) is 0.795. The molecule has 3 rings (SSSR count). The molecule has 0 amide bonds.